The molecule has 0 aliphatic heterocycles. The molecule has 3 N–H and O–H groups in total. The molecule has 0 aromatic rings. The van der Waals surface area contributed by atoms with Gasteiger partial charge >= 0.3 is 0 Å². The first-order valence-electron chi connectivity index (χ1n) is 34.7. The van der Waals surface area contributed by atoms with Gasteiger partial charge in [-0.1, -0.05) is 360 Å². The van der Waals surface area contributed by atoms with Gasteiger partial charge in [0, 0.05) is 6.42 Å². The third-order valence-electron chi connectivity index (χ3n) is 15.5. The number of amides is 1. The van der Waals surface area contributed by atoms with Gasteiger partial charge in [-0.3, -0.25) is 4.79 Å². The summed E-state index contributed by atoms with van der Waals surface area (Å²) >= 11 is 0. The number of carbonyl (C=O) groups is 1. The van der Waals surface area contributed by atoms with Gasteiger partial charge in [-0.2, -0.15) is 0 Å². The molecular formula is C76H133NO3. The van der Waals surface area contributed by atoms with Crippen LogP contribution in [0.2, 0.25) is 0 Å². The number of rotatable bonds is 63. The Labute approximate surface area is 499 Å². The molecule has 0 saturated carbocycles. The summed E-state index contributed by atoms with van der Waals surface area (Å²) in [4.78, 5) is 12.6. The molecule has 4 nitrogen and oxygen atoms in total. The Kier molecular flexibility index (Phi) is 67.2. The minimum atomic E-state index is -0.677. The largest absolute Gasteiger partial charge is 0.394 e. The normalized spacial score (nSPS) is 13.5. The van der Waals surface area contributed by atoms with Gasteiger partial charge in [0.25, 0.3) is 0 Å². The van der Waals surface area contributed by atoms with Gasteiger partial charge in [0.1, 0.15) is 0 Å². The molecule has 0 fully saturated rings. The van der Waals surface area contributed by atoms with E-state index in [9.17, 15) is 15.0 Å². The van der Waals surface area contributed by atoms with E-state index in [0.29, 0.717) is 12.8 Å². The van der Waals surface area contributed by atoms with Crippen molar-refractivity contribution in [2.75, 3.05) is 6.61 Å². The van der Waals surface area contributed by atoms with Gasteiger partial charge in [-0.05, 0) is 89.9 Å². The number of hydrogen-bond donors (Lipinski definition) is 3. The minimum Gasteiger partial charge on any atom is -0.394 e. The zero-order valence-corrected chi connectivity index (χ0v) is 53.1. The van der Waals surface area contributed by atoms with Crippen molar-refractivity contribution < 1.29 is 15.0 Å². The van der Waals surface area contributed by atoms with Crippen molar-refractivity contribution in [3.05, 3.63) is 122 Å². The van der Waals surface area contributed by atoms with Gasteiger partial charge in [0.2, 0.25) is 5.91 Å². The van der Waals surface area contributed by atoms with E-state index in [1.807, 2.05) is 0 Å². The van der Waals surface area contributed by atoms with E-state index in [2.05, 4.69) is 141 Å². The van der Waals surface area contributed by atoms with E-state index in [1.54, 1.807) is 0 Å². The lowest BCUT2D eigenvalue weighted by molar-refractivity contribution is -0.123. The Bertz CT molecular complexity index is 1540. The Morgan fingerprint density at radius 3 is 0.825 bits per heavy atom. The summed E-state index contributed by atoms with van der Waals surface area (Å²) < 4.78 is 0. The van der Waals surface area contributed by atoms with Gasteiger partial charge in [0.15, 0.2) is 0 Å². The standard InChI is InChI=1S/C76H133NO3/c1-3-5-7-9-11-13-15-17-19-21-23-25-27-29-31-33-35-36-37-38-39-40-42-44-46-48-50-52-54-56-58-60-62-64-66-68-70-72-76(80)77-74(73-78)75(79)71-69-67-65-63-61-59-57-55-53-51-49-47-45-43-41-34-32-30-28-26-24-22-20-18-16-14-12-10-8-6-4-2/h5,7,11,13,17,19,23,25,29,31,35-36,38-39,42,44,48,50,54,56,74-75,78-79H,3-4,6,8-10,12,14-16,18,20-22,24,26-28,30,32-34,37,40-41,43,45-47,49,51-53,55,57-73H2,1-2H3,(H,77,80)/b7-5-,13-11-,19-17-,25-23-,31-29-,36-35-,39-38-,44-42-,50-48-,56-54-. The molecule has 0 radical (unpaired) electrons. The molecule has 4 heteroatoms. The van der Waals surface area contributed by atoms with Crippen LogP contribution in [0, 0.1) is 0 Å². The number of nitrogens with one attached hydrogen (secondary N) is 1. The first-order chi connectivity index (χ1) is 39.7. The quantitative estimate of drug-likeness (QED) is 0.0420. The van der Waals surface area contributed by atoms with Gasteiger partial charge in [-0.25, -0.2) is 0 Å². The summed E-state index contributed by atoms with van der Waals surface area (Å²) in [6.45, 7) is 4.26. The van der Waals surface area contributed by atoms with Crippen molar-refractivity contribution >= 4 is 5.91 Å². The topological polar surface area (TPSA) is 69.6 Å². The highest BCUT2D eigenvalue weighted by atomic mass is 16.3. The third-order valence-corrected chi connectivity index (χ3v) is 15.5. The van der Waals surface area contributed by atoms with Crippen LogP contribution >= 0.6 is 0 Å². The molecule has 1 amide bonds. The highest BCUT2D eigenvalue weighted by molar-refractivity contribution is 5.76. The zero-order valence-electron chi connectivity index (χ0n) is 53.1. The van der Waals surface area contributed by atoms with Crippen molar-refractivity contribution in [1.82, 2.24) is 5.32 Å². The van der Waals surface area contributed by atoms with Crippen LogP contribution in [0.15, 0.2) is 122 Å². The highest BCUT2D eigenvalue weighted by Gasteiger charge is 2.20. The molecule has 0 rings (SSSR count). The number of aliphatic hydroxyl groups excluding tert-OH is 2. The van der Waals surface area contributed by atoms with Crippen LogP contribution in [-0.4, -0.2) is 34.9 Å². The summed E-state index contributed by atoms with van der Waals surface area (Å²) in [6.07, 6.45) is 107. The van der Waals surface area contributed by atoms with E-state index < -0.39 is 12.1 Å². The fraction of sp³-hybridized carbons (Fsp3) is 0.724. The van der Waals surface area contributed by atoms with Crippen molar-refractivity contribution in [3.63, 3.8) is 0 Å². The summed E-state index contributed by atoms with van der Waals surface area (Å²) in [5, 5.41) is 23.5. The Morgan fingerprint density at radius 2 is 0.550 bits per heavy atom. The molecule has 0 bridgehead atoms. The molecule has 0 saturated heterocycles. The predicted molar refractivity (Wildman–Crippen MR) is 359 cm³/mol. The maximum atomic E-state index is 12.6. The van der Waals surface area contributed by atoms with E-state index in [4.69, 9.17) is 0 Å². The molecule has 0 aliphatic rings. The van der Waals surface area contributed by atoms with Crippen LogP contribution in [0.25, 0.3) is 0 Å². The first kappa shape index (κ1) is 76.8. The lowest BCUT2D eigenvalue weighted by Crippen LogP contribution is -2.45. The molecule has 2 atom stereocenters. The maximum Gasteiger partial charge on any atom is 0.220 e. The Morgan fingerprint density at radius 1 is 0.312 bits per heavy atom. The fourth-order valence-electron chi connectivity index (χ4n) is 10.3. The lowest BCUT2D eigenvalue weighted by Gasteiger charge is -2.22. The number of allylic oxidation sites excluding steroid dienone is 20. The zero-order chi connectivity index (χ0) is 57.6. The molecule has 0 aromatic heterocycles. The molecular weight excluding hydrogens is 975 g/mol. The first-order valence-corrected chi connectivity index (χ1v) is 34.7. The second kappa shape index (κ2) is 70.1. The SMILES string of the molecule is CC/C=C\C/C=C\C/C=C\C/C=C\C/C=C\C/C=C\C/C=C\C/C=C\C/C=C\C/C=C\CCCCCCCCC(=O)NC(CO)C(O)CCCCCCCCCCCCCCCCCCCCCCCCCCCCCCCCC. The average Bonchev–Trinajstić information content (AvgIpc) is 3.46. The van der Waals surface area contributed by atoms with Crippen molar-refractivity contribution in [2.24, 2.45) is 0 Å². The van der Waals surface area contributed by atoms with Crippen LogP contribution in [0.1, 0.15) is 335 Å². The van der Waals surface area contributed by atoms with Crippen molar-refractivity contribution in [2.45, 2.75) is 347 Å². The summed E-state index contributed by atoms with van der Waals surface area (Å²) in [6, 6.07) is -0.555. The summed E-state index contributed by atoms with van der Waals surface area (Å²) in [7, 11) is 0. The number of carbonyl (C=O) groups excluding carboxylic acids is 1. The fourth-order valence-corrected chi connectivity index (χ4v) is 10.3. The number of hydrogen-bond acceptors (Lipinski definition) is 3. The molecule has 0 aliphatic carbocycles. The van der Waals surface area contributed by atoms with Crippen LogP contribution in [0.5, 0.6) is 0 Å². The van der Waals surface area contributed by atoms with E-state index in [0.717, 1.165) is 103 Å². The lowest BCUT2D eigenvalue weighted by atomic mass is 10.0. The molecule has 80 heavy (non-hydrogen) atoms. The maximum absolute atomic E-state index is 12.6. The van der Waals surface area contributed by atoms with Crippen LogP contribution in [-0.2, 0) is 4.79 Å². The Balaban J connectivity index is 3.54. The molecule has 0 spiro atoms. The smallest absolute Gasteiger partial charge is 0.220 e. The minimum absolute atomic E-state index is 0.0465. The number of unbranched alkanes of at least 4 members (excludes halogenated alkanes) is 36. The van der Waals surface area contributed by atoms with Gasteiger partial charge in [0.05, 0.1) is 18.8 Å². The van der Waals surface area contributed by atoms with Gasteiger partial charge < -0.3 is 15.5 Å². The average molecular weight is 1110 g/mol. The summed E-state index contributed by atoms with van der Waals surface area (Å²) in [5.41, 5.74) is 0. The second-order valence-electron chi connectivity index (χ2n) is 23.2. The van der Waals surface area contributed by atoms with Crippen molar-refractivity contribution in [3.8, 4) is 0 Å². The number of aliphatic hydroxyl groups is 2. The second-order valence-corrected chi connectivity index (χ2v) is 23.2. The third kappa shape index (κ3) is 65.6. The molecule has 0 heterocycles. The molecule has 0 aromatic carbocycles. The molecule has 460 valence electrons. The molecule has 2 unspecified atom stereocenters. The van der Waals surface area contributed by atoms with E-state index >= 15 is 0 Å². The predicted octanol–water partition coefficient (Wildman–Crippen LogP) is 23.9. The van der Waals surface area contributed by atoms with Crippen LogP contribution in [0.4, 0.5) is 0 Å². The monoisotopic (exact) mass is 1110 g/mol. The van der Waals surface area contributed by atoms with E-state index in [1.165, 1.54) is 205 Å². The summed E-state index contributed by atoms with van der Waals surface area (Å²) in [5.74, 6) is -0.0465. The highest BCUT2D eigenvalue weighted by Crippen LogP contribution is 2.18. The van der Waals surface area contributed by atoms with E-state index in [-0.39, 0.29) is 12.5 Å². The Hall–Kier alpha value is -3.21. The van der Waals surface area contributed by atoms with Crippen molar-refractivity contribution in [1.29, 1.82) is 0 Å². The van der Waals surface area contributed by atoms with Crippen LogP contribution in [0.3, 0.4) is 0 Å². The van der Waals surface area contributed by atoms with Crippen LogP contribution < -0.4 is 5.32 Å². The van der Waals surface area contributed by atoms with Gasteiger partial charge in [-0.15, -0.1) is 0 Å².